The second-order valence-corrected chi connectivity index (χ2v) is 4.48. The lowest BCUT2D eigenvalue weighted by Crippen LogP contribution is -2.30. The summed E-state index contributed by atoms with van der Waals surface area (Å²) in [5.74, 6) is -1.99. The van der Waals surface area contributed by atoms with Crippen molar-refractivity contribution in [2.45, 2.75) is 31.9 Å². The molecule has 0 saturated carbocycles. The Morgan fingerprint density at radius 3 is 2.94 bits per heavy atom. The lowest BCUT2D eigenvalue weighted by atomic mass is 10.1. The summed E-state index contributed by atoms with van der Waals surface area (Å²) >= 11 is 0. The van der Waals surface area contributed by atoms with Gasteiger partial charge in [-0.15, -0.1) is 0 Å². The quantitative estimate of drug-likeness (QED) is 0.865. The zero-order chi connectivity index (χ0) is 13.1. The summed E-state index contributed by atoms with van der Waals surface area (Å²) in [5.41, 5.74) is 0.255. The van der Waals surface area contributed by atoms with Crippen LogP contribution in [0, 0.1) is 5.82 Å². The predicted octanol–water partition coefficient (Wildman–Crippen LogP) is 2.50. The van der Waals surface area contributed by atoms with Gasteiger partial charge >= 0.3 is 5.97 Å². The summed E-state index contributed by atoms with van der Waals surface area (Å²) in [5, 5.41) is 11.9. The topological polar surface area (TPSA) is 58.6 Å². The highest BCUT2D eigenvalue weighted by atomic mass is 19.1. The number of ether oxygens (including phenoxy) is 1. The van der Waals surface area contributed by atoms with Crippen LogP contribution in [0.1, 0.15) is 30.1 Å². The SMILES string of the molecule is CC(Nc1ccc(C(=O)O)c(F)c1)C1CCCO1. The van der Waals surface area contributed by atoms with Crippen molar-refractivity contribution in [2.24, 2.45) is 0 Å². The highest BCUT2D eigenvalue weighted by Gasteiger charge is 2.22. The average molecular weight is 253 g/mol. The zero-order valence-electron chi connectivity index (χ0n) is 10.1. The van der Waals surface area contributed by atoms with Gasteiger partial charge in [0.05, 0.1) is 11.7 Å². The Kier molecular flexibility index (Phi) is 3.81. The van der Waals surface area contributed by atoms with Crippen LogP contribution in [0.15, 0.2) is 18.2 Å². The van der Waals surface area contributed by atoms with Crippen LogP contribution in [0.2, 0.25) is 0 Å². The van der Waals surface area contributed by atoms with Crippen LogP contribution in [-0.2, 0) is 4.74 Å². The van der Waals surface area contributed by atoms with Crippen molar-refractivity contribution in [3.8, 4) is 0 Å². The standard InChI is InChI=1S/C13H16FNO3/c1-8(12-3-2-6-18-12)15-9-4-5-10(13(16)17)11(14)7-9/h4-5,7-8,12,15H,2-3,6H2,1H3,(H,16,17). The van der Waals surface area contributed by atoms with Gasteiger partial charge in [-0.2, -0.15) is 0 Å². The van der Waals surface area contributed by atoms with E-state index in [0.717, 1.165) is 19.4 Å². The lowest BCUT2D eigenvalue weighted by Gasteiger charge is -2.21. The second-order valence-electron chi connectivity index (χ2n) is 4.48. The van der Waals surface area contributed by atoms with Crippen molar-refractivity contribution < 1.29 is 19.0 Å². The number of rotatable bonds is 4. The molecule has 1 heterocycles. The van der Waals surface area contributed by atoms with Crippen molar-refractivity contribution in [3.63, 3.8) is 0 Å². The van der Waals surface area contributed by atoms with E-state index in [9.17, 15) is 9.18 Å². The molecule has 1 aromatic rings. The van der Waals surface area contributed by atoms with Gasteiger partial charge in [0.25, 0.3) is 0 Å². The third kappa shape index (κ3) is 2.79. The first kappa shape index (κ1) is 12.8. The van der Waals surface area contributed by atoms with Gasteiger partial charge in [-0.3, -0.25) is 0 Å². The van der Waals surface area contributed by atoms with E-state index in [4.69, 9.17) is 9.84 Å². The van der Waals surface area contributed by atoms with Crippen LogP contribution < -0.4 is 5.32 Å². The van der Waals surface area contributed by atoms with Crippen molar-refractivity contribution in [3.05, 3.63) is 29.6 Å². The van der Waals surface area contributed by atoms with Gasteiger partial charge in [-0.1, -0.05) is 0 Å². The molecule has 0 radical (unpaired) electrons. The molecule has 1 saturated heterocycles. The Morgan fingerprint density at radius 2 is 2.39 bits per heavy atom. The largest absolute Gasteiger partial charge is 0.478 e. The monoisotopic (exact) mass is 253 g/mol. The van der Waals surface area contributed by atoms with Crippen LogP contribution in [0.3, 0.4) is 0 Å². The lowest BCUT2D eigenvalue weighted by molar-refractivity contribution is 0.0692. The van der Waals surface area contributed by atoms with E-state index in [-0.39, 0.29) is 17.7 Å². The van der Waals surface area contributed by atoms with Crippen LogP contribution in [0.25, 0.3) is 0 Å². The smallest absolute Gasteiger partial charge is 0.338 e. The van der Waals surface area contributed by atoms with Gasteiger partial charge in [0.15, 0.2) is 0 Å². The molecule has 1 fully saturated rings. The number of carboxylic acid groups (broad SMARTS) is 1. The van der Waals surface area contributed by atoms with E-state index < -0.39 is 11.8 Å². The van der Waals surface area contributed by atoms with Crippen molar-refractivity contribution in [1.29, 1.82) is 0 Å². The number of hydrogen-bond donors (Lipinski definition) is 2. The minimum absolute atomic E-state index is 0.0718. The molecule has 2 rings (SSSR count). The molecule has 1 aromatic carbocycles. The summed E-state index contributed by atoms with van der Waals surface area (Å²) < 4.78 is 19.0. The Bertz CT molecular complexity index is 444. The molecule has 5 heteroatoms. The maximum Gasteiger partial charge on any atom is 0.338 e. The fourth-order valence-electron chi connectivity index (χ4n) is 2.13. The van der Waals surface area contributed by atoms with Gasteiger partial charge < -0.3 is 15.2 Å². The van der Waals surface area contributed by atoms with E-state index in [1.165, 1.54) is 12.1 Å². The molecule has 1 aliphatic heterocycles. The highest BCUT2D eigenvalue weighted by molar-refractivity contribution is 5.88. The number of hydrogen-bond acceptors (Lipinski definition) is 3. The first-order valence-electron chi connectivity index (χ1n) is 5.99. The first-order chi connectivity index (χ1) is 8.58. The predicted molar refractivity (Wildman–Crippen MR) is 65.4 cm³/mol. The number of carboxylic acids is 1. The molecule has 18 heavy (non-hydrogen) atoms. The Balaban J connectivity index is 2.05. The first-order valence-corrected chi connectivity index (χ1v) is 5.99. The Labute approximate surface area is 105 Å². The van der Waals surface area contributed by atoms with Gasteiger partial charge in [-0.05, 0) is 38.0 Å². The highest BCUT2D eigenvalue weighted by Crippen LogP contribution is 2.20. The number of halogens is 1. The second kappa shape index (κ2) is 5.35. The Hall–Kier alpha value is -1.62. The van der Waals surface area contributed by atoms with E-state index in [1.807, 2.05) is 6.92 Å². The third-order valence-corrected chi connectivity index (χ3v) is 3.12. The maximum absolute atomic E-state index is 13.5. The zero-order valence-corrected chi connectivity index (χ0v) is 10.1. The third-order valence-electron chi connectivity index (χ3n) is 3.12. The molecule has 4 nitrogen and oxygen atoms in total. The molecule has 0 aliphatic carbocycles. The van der Waals surface area contributed by atoms with Crippen LogP contribution in [-0.4, -0.2) is 29.8 Å². The fourth-order valence-corrected chi connectivity index (χ4v) is 2.13. The van der Waals surface area contributed by atoms with E-state index >= 15 is 0 Å². The summed E-state index contributed by atoms with van der Waals surface area (Å²) in [4.78, 5) is 10.7. The average Bonchev–Trinajstić information content (AvgIpc) is 2.81. The minimum atomic E-state index is -1.26. The van der Waals surface area contributed by atoms with Crippen molar-refractivity contribution >= 4 is 11.7 Å². The van der Waals surface area contributed by atoms with E-state index in [0.29, 0.717) is 5.69 Å². The molecule has 0 amide bonds. The number of nitrogens with one attached hydrogen (secondary N) is 1. The molecule has 0 aromatic heterocycles. The van der Waals surface area contributed by atoms with Crippen LogP contribution in [0.5, 0.6) is 0 Å². The molecule has 0 bridgehead atoms. The number of anilines is 1. The molecular weight excluding hydrogens is 237 g/mol. The normalized spacial score (nSPS) is 20.7. The molecular formula is C13H16FNO3. The van der Waals surface area contributed by atoms with Gasteiger partial charge in [-0.25, -0.2) is 9.18 Å². The van der Waals surface area contributed by atoms with E-state index in [1.54, 1.807) is 6.07 Å². The number of aromatic carboxylic acids is 1. The summed E-state index contributed by atoms with van der Waals surface area (Å²) in [7, 11) is 0. The molecule has 2 unspecified atom stereocenters. The van der Waals surface area contributed by atoms with Gasteiger partial charge in [0, 0.05) is 18.3 Å². The van der Waals surface area contributed by atoms with Crippen molar-refractivity contribution in [2.75, 3.05) is 11.9 Å². The van der Waals surface area contributed by atoms with Gasteiger partial charge in [0.1, 0.15) is 5.82 Å². The summed E-state index contributed by atoms with van der Waals surface area (Å²) in [6.07, 6.45) is 2.17. The maximum atomic E-state index is 13.5. The molecule has 0 spiro atoms. The van der Waals surface area contributed by atoms with Crippen molar-refractivity contribution in [1.82, 2.24) is 0 Å². The fraction of sp³-hybridized carbons (Fsp3) is 0.462. The minimum Gasteiger partial charge on any atom is -0.478 e. The number of carbonyl (C=O) groups is 1. The van der Waals surface area contributed by atoms with Crippen LogP contribution >= 0.6 is 0 Å². The molecule has 2 atom stereocenters. The van der Waals surface area contributed by atoms with Crippen LogP contribution in [0.4, 0.5) is 10.1 Å². The Morgan fingerprint density at radius 1 is 1.61 bits per heavy atom. The van der Waals surface area contributed by atoms with E-state index in [2.05, 4.69) is 5.32 Å². The number of benzene rings is 1. The van der Waals surface area contributed by atoms with Gasteiger partial charge in [0.2, 0.25) is 0 Å². The summed E-state index contributed by atoms with van der Waals surface area (Å²) in [6, 6.07) is 4.11. The molecule has 98 valence electrons. The molecule has 1 aliphatic rings. The molecule has 2 N–H and O–H groups in total. The summed E-state index contributed by atoms with van der Waals surface area (Å²) in [6.45, 7) is 2.74.